The Labute approximate surface area is 181 Å². The van der Waals surface area contributed by atoms with E-state index in [1.807, 2.05) is 40.8 Å². The van der Waals surface area contributed by atoms with Crippen molar-refractivity contribution in [3.05, 3.63) is 73.2 Å². The van der Waals surface area contributed by atoms with Crippen LogP contribution in [0, 0.1) is 5.82 Å². The van der Waals surface area contributed by atoms with Crippen molar-refractivity contribution < 1.29 is 8.81 Å². The highest BCUT2D eigenvalue weighted by Gasteiger charge is 2.25. The lowest BCUT2D eigenvalue weighted by Gasteiger charge is -2.24. The van der Waals surface area contributed by atoms with Crippen LogP contribution in [0.2, 0.25) is 0 Å². The van der Waals surface area contributed by atoms with Crippen molar-refractivity contribution in [3.8, 4) is 33.8 Å². The molecule has 1 aliphatic rings. The number of thioether (sulfide) groups is 1. The number of nitrogens with zero attached hydrogens (tertiary/aromatic N) is 5. The first-order chi connectivity index (χ1) is 15.3. The Bertz CT molecular complexity index is 1380. The molecule has 0 radical (unpaired) electrons. The first kappa shape index (κ1) is 18.3. The molecule has 6 nitrogen and oxygen atoms in total. The molecule has 1 fully saturated rings. The fourth-order valence-corrected chi connectivity index (χ4v) is 4.43. The molecule has 1 saturated heterocycles. The fourth-order valence-electron chi connectivity index (χ4n) is 3.68. The number of rotatable bonds is 4. The van der Waals surface area contributed by atoms with Gasteiger partial charge in [-0.3, -0.25) is 9.67 Å². The van der Waals surface area contributed by atoms with Crippen molar-refractivity contribution >= 4 is 22.9 Å². The van der Waals surface area contributed by atoms with Crippen molar-refractivity contribution in [3.63, 3.8) is 0 Å². The number of fused-ring (bicyclic) bond motifs is 1. The van der Waals surface area contributed by atoms with Crippen LogP contribution in [0.25, 0.3) is 44.9 Å². The number of hydrogen-bond donors (Lipinski definition) is 0. The monoisotopic (exact) mass is 429 g/mol. The smallest absolute Gasteiger partial charge is 0.230 e. The molecule has 0 N–H and O–H groups in total. The van der Waals surface area contributed by atoms with Gasteiger partial charge in [0.2, 0.25) is 5.71 Å². The number of pyridine rings is 1. The largest absolute Gasteiger partial charge is 0.438 e. The Balaban J connectivity index is 1.54. The lowest BCUT2D eigenvalue weighted by Crippen LogP contribution is -2.23. The second kappa shape index (κ2) is 7.31. The van der Waals surface area contributed by atoms with Crippen LogP contribution >= 0.6 is 11.8 Å². The molecule has 1 aromatic carbocycles. The van der Waals surface area contributed by atoms with Crippen LogP contribution in [-0.4, -0.2) is 36.2 Å². The van der Waals surface area contributed by atoms with Gasteiger partial charge in [-0.2, -0.15) is 16.9 Å². The summed E-state index contributed by atoms with van der Waals surface area (Å²) in [5, 5.41) is 5.67. The van der Waals surface area contributed by atoms with Crippen LogP contribution in [0.3, 0.4) is 0 Å². The number of furan rings is 1. The summed E-state index contributed by atoms with van der Waals surface area (Å²) in [4.78, 5) is 13.0. The SMILES string of the molecule is Fc1ccc(-c2nn(C3CSC3)cc2-c2ncnc3oc(-c4ccncc4)cc23)cc1. The number of hydrogen-bond acceptors (Lipinski definition) is 6. The molecule has 0 atom stereocenters. The van der Waals surface area contributed by atoms with Gasteiger partial charge in [0.05, 0.1) is 17.1 Å². The molecule has 0 saturated carbocycles. The third kappa shape index (κ3) is 3.19. The van der Waals surface area contributed by atoms with Gasteiger partial charge >= 0.3 is 0 Å². The standard InChI is InChI=1S/C23H16FN5OS/c24-16-3-1-15(2-4-16)21-19(10-29(28-21)17-11-31-12-17)22-18-9-20(14-5-7-25-8-6-14)30-23(18)27-13-26-22/h1-10,13,17H,11-12H2. The average molecular weight is 429 g/mol. The maximum atomic E-state index is 13.5. The summed E-state index contributed by atoms with van der Waals surface area (Å²) in [5.41, 5.74) is 4.65. The molecule has 6 rings (SSSR count). The summed E-state index contributed by atoms with van der Waals surface area (Å²) in [6.45, 7) is 0. The molecule has 0 amide bonds. The summed E-state index contributed by atoms with van der Waals surface area (Å²) in [5.74, 6) is 2.48. The first-order valence-electron chi connectivity index (χ1n) is 9.84. The summed E-state index contributed by atoms with van der Waals surface area (Å²) < 4.78 is 21.5. The summed E-state index contributed by atoms with van der Waals surface area (Å²) in [6.07, 6.45) is 6.98. The second-order valence-electron chi connectivity index (χ2n) is 7.36. The normalized spacial score (nSPS) is 14.1. The molecule has 0 spiro atoms. The second-order valence-corrected chi connectivity index (χ2v) is 8.43. The van der Waals surface area contributed by atoms with Crippen LogP contribution in [0.4, 0.5) is 4.39 Å². The molecular weight excluding hydrogens is 413 g/mol. The average Bonchev–Trinajstić information content (AvgIpc) is 3.38. The van der Waals surface area contributed by atoms with E-state index >= 15 is 0 Å². The zero-order valence-corrected chi connectivity index (χ0v) is 17.1. The molecule has 31 heavy (non-hydrogen) atoms. The van der Waals surface area contributed by atoms with Gasteiger partial charge in [-0.05, 0) is 42.5 Å². The summed E-state index contributed by atoms with van der Waals surface area (Å²) in [6, 6.07) is 12.5. The van der Waals surface area contributed by atoms with Crippen molar-refractivity contribution in [2.75, 3.05) is 11.5 Å². The quantitative estimate of drug-likeness (QED) is 0.389. The van der Waals surface area contributed by atoms with E-state index in [-0.39, 0.29) is 5.82 Å². The van der Waals surface area contributed by atoms with E-state index in [2.05, 4.69) is 15.0 Å². The van der Waals surface area contributed by atoms with E-state index in [9.17, 15) is 4.39 Å². The van der Waals surface area contributed by atoms with Crippen molar-refractivity contribution in [1.82, 2.24) is 24.7 Å². The van der Waals surface area contributed by atoms with Crippen molar-refractivity contribution in [2.24, 2.45) is 0 Å². The van der Waals surface area contributed by atoms with Gasteiger partial charge < -0.3 is 4.42 Å². The third-order valence-electron chi connectivity index (χ3n) is 5.39. The Morgan fingerprint density at radius 1 is 0.968 bits per heavy atom. The summed E-state index contributed by atoms with van der Waals surface area (Å²) >= 11 is 1.90. The van der Waals surface area contributed by atoms with Crippen LogP contribution in [0.5, 0.6) is 0 Å². The predicted octanol–water partition coefficient (Wildman–Crippen LogP) is 5.24. The van der Waals surface area contributed by atoms with Crippen LogP contribution in [0.15, 0.2) is 71.8 Å². The Kier molecular flexibility index (Phi) is 4.31. The van der Waals surface area contributed by atoms with Crippen LogP contribution in [-0.2, 0) is 0 Å². The number of benzene rings is 1. The van der Waals surface area contributed by atoms with Gasteiger partial charge in [0.25, 0.3) is 0 Å². The molecule has 152 valence electrons. The van der Waals surface area contributed by atoms with E-state index in [0.29, 0.717) is 17.5 Å². The lowest BCUT2D eigenvalue weighted by molar-refractivity contribution is 0.528. The maximum absolute atomic E-state index is 13.5. The molecule has 0 aliphatic carbocycles. The van der Waals surface area contributed by atoms with E-state index in [1.165, 1.54) is 18.5 Å². The Hall–Kier alpha value is -3.52. The zero-order valence-electron chi connectivity index (χ0n) is 16.3. The molecule has 5 aromatic rings. The number of aromatic nitrogens is 5. The zero-order chi connectivity index (χ0) is 20.8. The van der Waals surface area contributed by atoms with Gasteiger partial charge in [-0.25, -0.2) is 14.4 Å². The third-order valence-corrected chi connectivity index (χ3v) is 6.63. The highest BCUT2D eigenvalue weighted by Crippen LogP contribution is 2.38. The van der Waals surface area contributed by atoms with Gasteiger partial charge in [-0.15, -0.1) is 0 Å². The molecule has 8 heteroatoms. The van der Waals surface area contributed by atoms with Crippen LogP contribution in [0.1, 0.15) is 6.04 Å². The molecule has 4 aromatic heterocycles. The minimum absolute atomic E-state index is 0.277. The van der Waals surface area contributed by atoms with E-state index in [4.69, 9.17) is 9.52 Å². The topological polar surface area (TPSA) is 69.6 Å². The molecule has 0 bridgehead atoms. The first-order valence-corrected chi connectivity index (χ1v) is 11.0. The maximum Gasteiger partial charge on any atom is 0.230 e. The lowest BCUT2D eigenvalue weighted by atomic mass is 10.0. The highest BCUT2D eigenvalue weighted by atomic mass is 32.2. The van der Waals surface area contributed by atoms with Gasteiger partial charge in [0.1, 0.15) is 23.6 Å². The summed E-state index contributed by atoms with van der Waals surface area (Å²) in [7, 11) is 0. The highest BCUT2D eigenvalue weighted by molar-refractivity contribution is 8.00. The molecule has 1 aliphatic heterocycles. The molecule has 0 unspecified atom stereocenters. The van der Waals surface area contributed by atoms with Gasteiger partial charge in [0, 0.05) is 46.8 Å². The Morgan fingerprint density at radius 2 is 1.77 bits per heavy atom. The predicted molar refractivity (Wildman–Crippen MR) is 118 cm³/mol. The van der Waals surface area contributed by atoms with E-state index in [0.717, 1.165) is 45.0 Å². The van der Waals surface area contributed by atoms with Crippen molar-refractivity contribution in [2.45, 2.75) is 6.04 Å². The fraction of sp³-hybridized carbons (Fsp3) is 0.130. The van der Waals surface area contributed by atoms with E-state index in [1.54, 1.807) is 24.5 Å². The minimum atomic E-state index is -0.277. The molecular formula is C23H16FN5OS. The van der Waals surface area contributed by atoms with Crippen molar-refractivity contribution in [1.29, 1.82) is 0 Å². The van der Waals surface area contributed by atoms with Gasteiger partial charge in [-0.1, -0.05) is 0 Å². The van der Waals surface area contributed by atoms with E-state index < -0.39 is 0 Å². The molecule has 5 heterocycles. The van der Waals surface area contributed by atoms with Crippen LogP contribution < -0.4 is 0 Å². The Morgan fingerprint density at radius 3 is 2.52 bits per heavy atom. The number of halogens is 1. The minimum Gasteiger partial charge on any atom is -0.438 e. The van der Waals surface area contributed by atoms with Gasteiger partial charge in [0.15, 0.2) is 0 Å².